The molecule has 0 rings (SSSR count). The van der Waals surface area contributed by atoms with Crippen LogP contribution in [0.1, 0.15) is 41.0 Å². The molecule has 5 heteroatoms. The molecule has 0 spiro atoms. The zero-order valence-electron chi connectivity index (χ0n) is 11.5. The molecule has 0 aliphatic rings. The predicted octanol–water partition coefficient (Wildman–Crippen LogP) is 1.24. The Hall–Kier alpha value is -1.10. The van der Waals surface area contributed by atoms with Gasteiger partial charge in [0.15, 0.2) is 0 Å². The van der Waals surface area contributed by atoms with Gasteiger partial charge in [0.05, 0.1) is 6.04 Å². The molecule has 0 bridgehead atoms. The molecule has 0 aliphatic heterocycles. The van der Waals surface area contributed by atoms with Crippen molar-refractivity contribution in [3.8, 4) is 0 Å². The largest absolute Gasteiger partial charge is 0.338 e. The summed E-state index contributed by atoms with van der Waals surface area (Å²) in [6, 6.07) is -0.570. The lowest BCUT2D eigenvalue weighted by Gasteiger charge is -2.23. The molecule has 0 aromatic carbocycles. The van der Waals surface area contributed by atoms with Crippen molar-refractivity contribution >= 4 is 11.9 Å². The fraction of sp³-hybridized carbons (Fsp3) is 0.833. The van der Waals surface area contributed by atoms with Gasteiger partial charge in [0.2, 0.25) is 5.91 Å². The maximum absolute atomic E-state index is 11.6. The Kier molecular flexibility index (Phi) is 7.54. The predicted molar refractivity (Wildman–Crippen MR) is 68.7 cm³/mol. The molecule has 0 aromatic heterocycles. The second kappa shape index (κ2) is 8.06. The van der Waals surface area contributed by atoms with Crippen LogP contribution in [0.5, 0.6) is 0 Å². The molecule has 0 aliphatic carbocycles. The molecule has 0 saturated heterocycles. The molecule has 0 fully saturated rings. The minimum Gasteiger partial charge on any atom is -0.338 e. The maximum Gasteiger partial charge on any atom is 0.321 e. The van der Waals surface area contributed by atoms with Crippen molar-refractivity contribution in [2.24, 2.45) is 5.92 Å². The fourth-order valence-electron chi connectivity index (χ4n) is 1.41. The van der Waals surface area contributed by atoms with Crippen LogP contribution in [-0.2, 0) is 4.79 Å². The highest BCUT2D eigenvalue weighted by molar-refractivity contribution is 5.96. The highest BCUT2D eigenvalue weighted by atomic mass is 16.2. The molecule has 0 aromatic rings. The van der Waals surface area contributed by atoms with Crippen LogP contribution in [0.15, 0.2) is 0 Å². The van der Waals surface area contributed by atoms with Crippen LogP contribution in [0.2, 0.25) is 0 Å². The standard InChI is InChI=1S/C12H25N3O2/c1-6-8(3)9(4)14-10(5)11(16)15-12(17)13-7-2/h8-10,14H,6-7H2,1-5H3,(H2,13,15,16,17). The Morgan fingerprint density at radius 2 is 1.71 bits per heavy atom. The molecule has 3 amide bonds. The number of amides is 3. The molecule has 0 radical (unpaired) electrons. The van der Waals surface area contributed by atoms with Crippen LogP contribution >= 0.6 is 0 Å². The van der Waals surface area contributed by atoms with E-state index < -0.39 is 6.03 Å². The Balaban J connectivity index is 4.09. The van der Waals surface area contributed by atoms with Gasteiger partial charge in [-0.15, -0.1) is 0 Å². The van der Waals surface area contributed by atoms with Crippen molar-refractivity contribution in [1.82, 2.24) is 16.0 Å². The van der Waals surface area contributed by atoms with Crippen LogP contribution in [0, 0.1) is 5.92 Å². The van der Waals surface area contributed by atoms with Crippen molar-refractivity contribution in [1.29, 1.82) is 0 Å². The number of hydrogen-bond acceptors (Lipinski definition) is 3. The summed E-state index contributed by atoms with van der Waals surface area (Å²) in [6.07, 6.45) is 1.05. The van der Waals surface area contributed by atoms with E-state index in [1.54, 1.807) is 13.8 Å². The first kappa shape index (κ1) is 15.9. The van der Waals surface area contributed by atoms with Crippen LogP contribution < -0.4 is 16.0 Å². The summed E-state index contributed by atoms with van der Waals surface area (Å²) >= 11 is 0. The third-order valence-corrected chi connectivity index (χ3v) is 2.98. The van der Waals surface area contributed by atoms with Crippen molar-refractivity contribution in [2.45, 2.75) is 53.1 Å². The lowest BCUT2D eigenvalue weighted by Crippen LogP contribution is -2.51. The first-order valence-electron chi connectivity index (χ1n) is 6.27. The smallest absolute Gasteiger partial charge is 0.321 e. The number of hydrogen-bond donors (Lipinski definition) is 3. The first-order valence-corrected chi connectivity index (χ1v) is 6.27. The van der Waals surface area contributed by atoms with Gasteiger partial charge in [0.1, 0.15) is 0 Å². The molecule has 17 heavy (non-hydrogen) atoms. The zero-order valence-corrected chi connectivity index (χ0v) is 11.5. The van der Waals surface area contributed by atoms with Crippen LogP contribution in [-0.4, -0.2) is 30.6 Å². The minimum atomic E-state index is -0.442. The molecule has 0 saturated carbocycles. The SMILES string of the molecule is CCNC(=O)NC(=O)C(C)NC(C)C(C)CC. The third kappa shape index (κ3) is 6.26. The van der Waals surface area contributed by atoms with Crippen LogP contribution in [0.25, 0.3) is 0 Å². The van der Waals surface area contributed by atoms with Crippen molar-refractivity contribution in [2.75, 3.05) is 6.54 Å². The Labute approximate surface area is 104 Å². The Morgan fingerprint density at radius 1 is 1.12 bits per heavy atom. The van der Waals surface area contributed by atoms with Gasteiger partial charge < -0.3 is 10.6 Å². The molecule has 100 valence electrons. The number of carbonyl (C=O) groups is 2. The molecule has 3 N–H and O–H groups in total. The van der Waals surface area contributed by atoms with E-state index in [0.29, 0.717) is 12.5 Å². The Morgan fingerprint density at radius 3 is 2.18 bits per heavy atom. The minimum absolute atomic E-state index is 0.245. The van der Waals surface area contributed by atoms with Crippen LogP contribution in [0.4, 0.5) is 4.79 Å². The van der Waals surface area contributed by atoms with E-state index in [0.717, 1.165) is 6.42 Å². The topological polar surface area (TPSA) is 70.2 Å². The van der Waals surface area contributed by atoms with E-state index in [9.17, 15) is 9.59 Å². The average molecular weight is 243 g/mol. The van der Waals surface area contributed by atoms with E-state index in [2.05, 4.69) is 29.8 Å². The van der Waals surface area contributed by atoms with Gasteiger partial charge in [0, 0.05) is 12.6 Å². The molecular weight excluding hydrogens is 218 g/mol. The van der Waals surface area contributed by atoms with Gasteiger partial charge in [-0.3, -0.25) is 10.1 Å². The van der Waals surface area contributed by atoms with Crippen LogP contribution in [0.3, 0.4) is 0 Å². The molecular formula is C12H25N3O2. The average Bonchev–Trinajstić information content (AvgIpc) is 2.27. The summed E-state index contributed by atoms with van der Waals surface area (Å²) in [5, 5.41) is 8.00. The fourth-order valence-corrected chi connectivity index (χ4v) is 1.41. The first-order chi connectivity index (χ1) is 7.92. The summed E-state index contributed by atoms with van der Waals surface area (Å²) in [6.45, 7) is 10.4. The normalized spacial score (nSPS) is 15.8. The van der Waals surface area contributed by atoms with Gasteiger partial charge in [-0.25, -0.2) is 4.79 Å². The summed E-state index contributed by atoms with van der Waals surface area (Å²) in [5.41, 5.74) is 0. The number of rotatable bonds is 6. The zero-order chi connectivity index (χ0) is 13.4. The second-order valence-electron chi connectivity index (χ2n) is 4.41. The van der Waals surface area contributed by atoms with E-state index >= 15 is 0 Å². The summed E-state index contributed by atoms with van der Waals surface area (Å²) in [4.78, 5) is 22.8. The number of nitrogens with one attached hydrogen (secondary N) is 3. The van der Waals surface area contributed by atoms with E-state index in [4.69, 9.17) is 0 Å². The van der Waals surface area contributed by atoms with Gasteiger partial charge in [0.25, 0.3) is 0 Å². The second-order valence-corrected chi connectivity index (χ2v) is 4.41. The lowest BCUT2D eigenvalue weighted by atomic mass is 10.0. The lowest BCUT2D eigenvalue weighted by molar-refractivity contribution is -0.121. The van der Waals surface area contributed by atoms with Gasteiger partial charge in [-0.1, -0.05) is 20.3 Å². The Bertz CT molecular complexity index is 256. The molecule has 0 heterocycles. The van der Waals surface area contributed by atoms with Gasteiger partial charge in [-0.2, -0.15) is 0 Å². The van der Waals surface area contributed by atoms with Crippen molar-refractivity contribution < 1.29 is 9.59 Å². The summed E-state index contributed by atoms with van der Waals surface area (Å²) < 4.78 is 0. The van der Waals surface area contributed by atoms with E-state index in [1.807, 2.05) is 6.92 Å². The number of carbonyl (C=O) groups excluding carboxylic acids is 2. The number of imide groups is 1. The number of urea groups is 1. The molecule has 3 atom stereocenters. The van der Waals surface area contributed by atoms with Gasteiger partial charge in [-0.05, 0) is 26.7 Å². The quantitative estimate of drug-likeness (QED) is 0.657. The van der Waals surface area contributed by atoms with Gasteiger partial charge >= 0.3 is 6.03 Å². The maximum atomic E-state index is 11.6. The molecule has 5 nitrogen and oxygen atoms in total. The van der Waals surface area contributed by atoms with E-state index in [-0.39, 0.29) is 18.0 Å². The third-order valence-electron chi connectivity index (χ3n) is 2.98. The summed E-state index contributed by atoms with van der Waals surface area (Å²) in [7, 11) is 0. The highest BCUT2D eigenvalue weighted by Gasteiger charge is 2.19. The highest BCUT2D eigenvalue weighted by Crippen LogP contribution is 2.07. The van der Waals surface area contributed by atoms with Crippen molar-refractivity contribution in [3.05, 3.63) is 0 Å². The summed E-state index contributed by atoms with van der Waals surface area (Å²) in [5.74, 6) is 0.195. The van der Waals surface area contributed by atoms with Crippen molar-refractivity contribution in [3.63, 3.8) is 0 Å². The monoisotopic (exact) mass is 243 g/mol. The molecule has 3 unspecified atom stereocenters. The van der Waals surface area contributed by atoms with E-state index in [1.165, 1.54) is 0 Å².